The first-order valence-electron chi connectivity index (χ1n) is 19.2. The number of halogens is 2. The van der Waals surface area contributed by atoms with E-state index < -0.39 is 47.2 Å². The number of fused-ring (bicyclic) bond motifs is 1. The van der Waals surface area contributed by atoms with Gasteiger partial charge >= 0.3 is 0 Å². The van der Waals surface area contributed by atoms with Gasteiger partial charge in [-0.05, 0) is 87.0 Å². The van der Waals surface area contributed by atoms with E-state index in [1.165, 1.54) is 17.7 Å². The van der Waals surface area contributed by atoms with Crippen molar-refractivity contribution in [3.8, 4) is 22.6 Å². The molecule has 4 amide bonds. The lowest BCUT2D eigenvalue weighted by molar-refractivity contribution is -0.136. The standard InChI is InChI=1S/C41H48F2N6O7/c1-24-29(22-31(37(42)43)39(52)45(24)2)26-19-34(55-3)32(35(20-26)56-4)23-47-17-15-46(16-18-47)12-9-25-10-13-48(14-11-25)27-5-6-28-30(21-27)41(54)49(40(28)53)33-7-8-36(50)44-38(33)51/h5-6,19-22,25,33,37H,7-18,23H2,1-4H3,(H,44,50,51). The van der Waals surface area contributed by atoms with E-state index >= 15 is 0 Å². The monoisotopic (exact) mass is 774 g/mol. The van der Waals surface area contributed by atoms with Crippen LogP contribution in [0.2, 0.25) is 0 Å². The van der Waals surface area contributed by atoms with Crippen molar-refractivity contribution < 1.29 is 37.4 Å². The molecule has 0 radical (unpaired) electrons. The molecular formula is C41H48F2N6O7. The number of anilines is 1. The van der Waals surface area contributed by atoms with Crippen molar-refractivity contribution >= 4 is 29.3 Å². The Balaban J connectivity index is 0.906. The number of amides is 4. The van der Waals surface area contributed by atoms with Crippen LogP contribution in [-0.4, -0.2) is 109 Å². The number of pyridine rings is 1. The summed E-state index contributed by atoms with van der Waals surface area (Å²) in [7, 11) is 4.65. The first kappa shape index (κ1) is 39.1. The number of ether oxygens (including phenoxy) is 2. The van der Waals surface area contributed by atoms with E-state index in [2.05, 4.69) is 20.0 Å². The Morgan fingerprint density at radius 3 is 2.07 bits per heavy atom. The van der Waals surface area contributed by atoms with Crippen LogP contribution >= 0.6 is 0 Å². The topological polar surface area (TPSA) is 134 Å². The molecule has 2 aromatic carbocycles. The molecule has 0 saturated carbocycles. The number of carbonyl (C=O) groups excluding carboxylic acids is 4. The summed E-state index contributed by atoms with van der Waals surface area (Å²) in [6.07, 6.45) is 0.447. The van der Waals surface area contributed by atoms with Gasteiger partial charge in [-0.25, -0.2) is 8.78 Å². The second-order valence-electron chi connectivity index (χ2n) is 15.1. The van der Waals surface area contributed by atoms with E-state index in [9.17, 15) is 32.8 Å². The molecule has 4 aliphatic rings. The Labute approximate surface area is 324 Å². The number of hydrogen-bond acceptors (Lipinski definition) is 10. The largest absolute Gasteiger partial charge is 0.496 e. The lowest BCUT2D eigenvalue weighted by Crippen LogP contribution is -2.54. The maximum atomic E-state index is 13.7. The third-order valence-corrected chi connectivity index (χ3v) is 12.0. The highest BCUT2D eigenvalue weighted by Crippen LogP contribution is 2.38. The fourth-order valence-corrected chi connectivity index (χ4v) is 8.49. The lowest BCUT2D eigenvalue weighted by atomic mass is 9.92. The van der Waals surface area contributed by atoms with Crippen LogP contribution < -0.4 is 25.2 Å². The van der Waals surface area contributed by atoms with Gasteiger partial charge in [-0.15, -0.1) is 0 Å². The van der Waals surface area contributed by atoms with Gasteiger partial charge in [0, 0.05) is 76.2 Å². The second kappa shape index (κ2) is 16.1. The van der Waals surface area contributed by atoms with Crippen LogP contribution in [0.25, 0.3) is 11.1 Å². The van der Waals surface area contributed by atoms with Crippen molar-refractivity contribution in [1.29, 1.82) is 0 Å². The summed E-state index contributed by atoms with van der Waals surface area (Å²) >= 11 is 0. The molecule has 56 heavy (non-hydrogen) atoms. The van der Waals surface area contributed by atoms with Crippen molar-refractivity contribution in [3.05, 3.63) is 74.7 Å². The number of methoxy groups -OCH3 is 2. The number of nitrogens with one attached hydrogen (secondary N) is 1. The highest BCUT2D eigenvalue weighted by atomic mass is 19.3. The molecule has 0 aliphatic carbocycles. The molecule has 3 aromatic rings. The number of hydrogen-bond donors (Lipinski definition) is 1. The third-order valence-electron chi connectivity index (χ3n) is 12.0. The maximum Gasteiger partial charge on any atom is 0.269 e. The Kier molecular flexibility index (Phi) is 11.3. The molecule has 5 heterocycles. The van der Waals surface area contributed by atoms with Crippen LogP contribution in [0.1, 0.15) is 76.1 Å². The fourth-order valence-electron chi connectivity index (χ4n) is 8.49. The van der Waals surface area contributed by atoms with Gasteiger partial charge in [-0.1, -0.05) is 0 Å². The minimum Gasteiger partial charge on any atom is -0.496 e. The summed E-state index contributed by atoms with van der Waals surface area (Å²) in [6.45, 7) is 8.60. The molecule has 0 bridgehead atoms. The Bertz CT molecular complexity index is 2080. The molecule has 3 saturated heterocycles. The first-order chi connectivity index (χ1) is 26.9. The average molecular weight is 775 g/mol. The van der Waals surface area contributed by atoms with E-state index in [4.69, 9.17) is 9.47 Å². The second-order valence-corrected chi connectivity index (χ2v) is 15.1. The van der Waals surface area contributed by atoms with E-state index in [-0.39, 0.29) is 18.4 Å². The van der Waals surface area contributed by atoms with Crippen LogP contribution in [0.4, 0.5) is 14.5 Å². The SMILES string of the molecule is COc1cc(-c2cc(C(F)F)c(=O)n(C)c2C)cc(OC)c1CN1CCN(CCC2CCN(c3ccc4c(c3)C(=O)N(C3CCC(=O)NC3=O)C4=O)CC2)CC1. The van der Waals surface area contributed by atoms with Crippen LogP contribution in [0.15, 0.2) is 41.2 Å². The quantitative estimate of drug-likeness (QED) is 0.284. The number of imide groups is 2. The first-order valence-corrected chi connectivity index (χ1v) is 19.2. The van der Waals surface area contributed by atoms with Gasteiger partial charge < -0.3 is 23.8 Å². The molecule has 298 valence electrons. The summed E-state index contributed by atoms with van der Waals surface area (Å²) in [6, 6.07) is 9.24. The summed E-state index contributed by atoms with van der Waals surface area (Å²) in [5.74, 6) is -0.247. The highest BCUT2D eigenvalue weighted by molar-refractivity contribution is 6.23. The van der Waals surface area contributed by atoms with Crippen molar-refractivity contribution in [2.45, 2.75) is 58.0 Å². The number of benzene rings is 2. The minimum absolute atomic E-state index is 0.0841. The Morgan fingerprint density at radius 1 is 0.804 bits per heavy atom. The van der Waals surface area contributed by atoms with E-state index in [0.717, 1.165) is 81.2 Å². The smallest absolute Gasteiger partial charge is 0.269 e. The predicted molar refractivity (Wildman–Crippen MR) is 204 cm³/mol. The molecule has 3 fully saturated rings. The van der Waals surface area contributed by atoms with Crippen LogP contribution in [0.5, 0.6) is 11.5 Å². The fraction of sp³-hybridized carbons (Fsp3) is 0.488. The molecule has 1 N–H and O–H groups in total. The van der Waals surface area contributed by atoms with Gasteiger partial charge in [0.15, 0.2) is 0 Å². The van der Waals surface area contributed by atoms with Crippen molar-refractivity contribution in [3.63, 3.8) is 0 Å². The van der Waals surface area contributed by atoms with Gasteiger partial charge in [0.2, 0.25) is 11.8 Å². The third kappa shape index (κ3) is 7.53. The summed E-state index contributed by atoms with van der Waals surface area (Å²) in [4.78, 5) is 71.0. The number of alkyl halides is 2. The maximum absolute atomic E-state index is 13.7. The van der Waals surface area contributed by atoms with Crippen molar-refractivity contribution in [2.75, 3.05) is 64.9 Å². The van der Waals surface area contributed by atoms with Gasteiger partial charge in [-0.2, -0.15) is 0 Å². The minimum atomic E-state index is -2.89. The number of nitrogens with zero attached hydrogens (tertiary/aromatic N) is 5. The molecular weight excluding hydrogens is 726 g/mol. The molecule has 0 spiro atoms. The normalized spacial score (nSPS) is 19.9. The summed E-state index contributed by atoms with van der Waals surface area (Å²) in [5.41, 5.74) is 2.80. The molecule has 1 aromatic heterocycles. The number of piperazine rings is 1. The average Bonchev–Trinajstić information content (AvgIpc) is 3.44. The molecule has 15 heteroatoms. The zero-order chi connectivity index (χ0) is 39.8. The van der Waals surface area contributed by atoms with Crippen LogP contribution in [0, 0.1) is 12.8 Å². The number of rotatable bonds is 11. The van der Waals surface area contributed by atoms with Crippen molar-refractivity contribution in [2.24, 2.45) is 13.0 Å². The van der Waals surface area contributed by atoms with Crippen molar-refractivity contribution in [1.82, 2.24) is 24.6 Å². The molecule has 1 atom stereocenters. The molecule has 7 rings (SSSR count). The van der Waals surface area contributed by atoms with Crippen LogP contribution in [-0.2, 0) is 23.2 Å². The van der Waals surface area contributed by atoms with E-state index in [1.807, 2.05) is 18.2 Å². The number of aromatic nitrogens is 1. The predicted octanol–water partition coefficient (Wildman–Crippen LogP) is 4.14. The van der Waals surface area contributed by atoms with Gasteiger partial charge in [0.25, 0.3) is 23.8 Å². The molecule has 1 unspecified atom stereocenters. The van der Waals surface area contributed by atoms with Crippen LogP contribution in [0.3, 0.4) is 0 Å². The zero-order valence-corrected chi connectivity index (χ0v) is 32.2. The molecule has 4 aliphatic heterocycles. The van der Waals surface area contributed by atoms with Gasteiger partial charge in [0.05, 0.1) is 36.5 Å². The Hall–Kier alpha value is -5.15. The van der Waals surface area contributed by atoms with Gasteiger partial charge in [-0.3, -0.25) is 39.1 Å². The van der Waals surface area contributed by atoms with E-state index in [0.29, 0.717) is 46.3 Å². The van der Waals surface area contributed by atoms with Gasteiger partial charge in [0.1, 0.15) is 17.5 Å². The number of piperidine rings is 2. The number of carbonyl (C=O) groups is 4. The zero-order valence-electron chi connectivity index (χ0n) is 32.2. The Morgan fingerprint density at radius 2 is 1.45 bits per heavy atom. The lowest BCUT2D eigenvalue weighted by Gasteiger charge is -2.37. The highest BCUT2D eigenvalue weighted by Gasteiger charge is 2.45. The summed E-state index contributed by atoms with van der Waals surface area (Å²) < 4.78 is 40.3. The molecule has 13 nitrogen and oxygen atoms in total. The van der Waals surface area contributed by atoms with E-state index in [1.54, 1.807) is 33.3 Å². The summed E-state index contributed by atoms with van der Waals surface area (Å²) in [5, 5.41) is 2.24.